The molecule has 0 aliphatic carbocycles. The summed E-state index contributed by atoms with van der Waals surface area (Å²) in [4.78, 5) is 27.7. The number of aryl methyl sites for hydroxylation is 1. The normalized spacial score (nSPS) is 22.0. The summed E-state index contributed by atoms with van der Waals surface area (Å²) in [6.45, 7) is 7.65. The molecular formula is C18H26N3O3+. The highest BCUT2D eigenvalue weighted by Crippen LogP contribution is 2.25. The molecule has 1 atom stereocenters. The van der Waals surface area contributed by atoms with Crippen molar-refractivity contribution in [2.75, 3.05) is 50.8 Å². The molecule has 6 heteroatoms. The van der Waals surface area contributed by atoms with Gasteiger partial charge < -0.3 is 19.9 Å². The smallest absolute Gasteiger partial charge is 0.227 e. The van der Waals surface area contributed by atoms with Gasteiger partial charge in [-0.2, -0.15) is 0 Å². The summed E-state index contributed by atoms with van der Waals surface area (Å²) in [5, 5.41) is 2.99. The van der Waals surface area contributed by atoms with Gasteiger partial charge in [0.15, 0.2) is 0 Å². The van der Waals surface area contributed by atoms with Gasteiger partial charge in [0.1, 0.15) is 13.1 Å². The lowest BCUT2D eigenvalue weighted by molar-refractivity contribution is -0.906. The maximum absolute atomic E-state index is 12.3. The Labute approximate surface area is 142 Å². The molecule has 6 nitrogen and oxygen atoms in total. The number of quaternary nitrogens is 1. The molecule has 2 fully saturated rings. The zero-order chi connectivity index (χ0) is 16.9. The minimum atomic E-state index is -0.251. The minimum absolute atomic E-state index is 0.00868. The number of benzene rings is 1. The topological polar surface area (TPSA) is 63.1 Å². The molecule has 0 bridgehead atoms. The number of morpholine rings is 1. The van der Waals surface area contributed by atoms with Crippen LogP contribution in [0.1, 0.15) is 12.0 Å². The van der Waals surface area contributed by atoms with E-state index < -0.39 is 0 Å². The van der Waals surface area contributed by atoms with Crippen molar-refractivity contribution in [3.05, 3.63) is 29.8 Å². The number of amides is 2. The van der Waals surface area contributed by atoms with Gasteiger partial charge >= 0.3 is 0 Å². The Morgan fingerprint density at radius 2 is 2.00 bits per heavy atom. The van der Waals surface area contributed by atoms with E-state index in [1.54, 1.807) is 4.90 Å². The van der Waals surface area contributed by atoms with Crippen LogP contribution in [0.5, 0.6) is 0 Å². The van der Waals surface area contributed by atoms with Gasteiger partial charge in [-0.15, -0.1) is 0 Å². The van der Waals surface area contributed by atoms with E-state index in [0.717, 1.165) is 44.1 Å². The van der Waals surface area contributed by atoms with Gasteiger partial charge in [0.05, 0.1) is 32.2 Å². The first-order chi connectivity index (χ1) is 11.6. The number of rotatable bonds is 5. The van der Waals surface area contributed by atoms with Crippen molar-refractivity contribution in [1.82, 2.24) is 5.32 Å². The number of hydrogen-bond donors (Lipinski definition) is 2. The highest BCUT2D eigenvalue weighted by atomic mass is 16.5. The second-order valence-electron chi connectivity index (χ2n) is 6.64. The van der Waals surface area contributed by atoms with Crippen LogP contribution in [0.25, 0.3) is 0 Å². The van der Waals surface area contributed by atoms with Crippen molar-refractivity contribution < 1.29 is 19.2 Å². The van der Waals surface area contributed by atoms with Crippen LogP contribution in [0.2, 0.25) is 0 Å². The van der Waals surface area contributed by atoms with E-state index in [4.69, 9.17) is 4.74 Å². The lowest BCUT2D eigenvalue weighted by atomic mass is 10.1. The first kappa shape index (κ1) is 16.9. The Balaban J connectivity index is 1.47. The van der Waals surface area contributed by atoms with Gasteiger partial charge in [-0.3, -0.25) is 9.59 Å². The summed E-state index contributed by atoms with van der Waals surface area (Å²) in [6, 6.07) is 7.85. The van der Waals surface area contributed by atoms with E-state index >= 15 is 0 Å². The lowest BCUT2D eigenvalue weighted by Gasteiger charge is -2.24. The maximum Gasteiger partial charge on any atom is 0.227 e. The third-order valence-electron chi connectivity index (χ3n) is 4.82. The zero-order valence-corrected chi connectivity index (χ0v) is 14.2. The first-order valence-electron chi connectivity index (χ1n) is 8.69. The zero-order valence-electron chi connectivity index (χ0n) is 14.2. The fourth-order valence-electron chi connectivity index (χ4n) is 3.27. The highest BCUT2D eigenvalue weighted by Gasteiger charge is 2.35. The molecule has 1 aromatic carbocycles. The lowest BCUT2D eigenvalue weighted by Crippen LogP contribution is -3.14. The number of nitrogens with one attached hydrogen (secondary N) is 2. The van der Waals surface area contributed by atoms with Crippen LogP contribution in [0.4, 0.5) is 5.69 Å². The molecule has 2 aliphatic rings. The molecule has 24 heavy (non-hydrogen) atoms. The largest absolute Gasteiger partial charge is 0.370 e. The Bertz CT molecular complexity index is 582. The quantitative estimate of drug-likeness (QED) is 0.755. The van der Waals surface area contributed by atoms with Crippen LogP contribution >= 0.6 is 0 Å². The molecule has 2 aliphatic heterocycles. The van der Waals surface area contributed by atoms with Crippen LogP contribution in [-0.2, 0) is 14.3 Å². The maximum atomic E-state index is 12.3. The summed E-state index contributed by atoms with van der Waals surface area (Å²) in [6.07, 6.45) is 0.296. The number of carbonyl (C=O) groups is 2. The van der Waals surface area contributed by atoms with Crippen molar-refractivity contribution in [2.45, 2.75) is 13.3 Å². The van der Waals surface area contributed by atoms with E-state index in [-0.39, 0.29) is 17.7 Å². The van der Waals surface area contributed by atoms with Crippen LogP contribution in [0, 0.1) is 12.8 Å². The second kappa shape index (κ2) is 7.77. The molecule has 2 heterocycles. The van der Waals surface area contributed by atoms with Gasteiger partial charge in [0.2, 0.25) is 11.8 Å². The SMILES string of the molecule is Cc1ccc(N2C[C@@H](C(=O)NCC[NH+]3CCOCC3)CC2=O)cc1. The van der Waals surface area contributed by atoms with E-state index in [1.165, 1.54) is 4.90 Å². The van der Waals surface area contributed by atoms with Gasteiger partial charge in [-0.1, -0.05) is 17.7 Å². The molecule has 3 rings (SSSR count). The Morgan fingerprint density at radius 3 is 2.71 bits per heavy atom. The average Bonchev–Trinajstić information content (AvgIpc) is 2.98. The van der Waals surface area contributed by atoms with Gasteiger partial charge in [-0.25, -0.2) is 0 Å². The summed E-state index contributed by atoms with van der Waals surface area (Å²) in [7, 11) is 0. The first-order valence-corrected chi connectivity index (χ1v) is 8.69. The van der Waals surface area contributed by atoms with Crippen LogP contribution < -0.4 is 15.1 Å². The summed E-state index contributed by atoms with van der Waals surface area (Å²) < 4.78 is 5.33. The molecule has 130 valence electrons. The third-order valence-corrected chi connectivity index (χ3v) is 4.82. The number of ether oxygens (including phenoxy) is 1. The standard InChI is InChI=1S/C18H25N3O3/c1-14-2-4-16(5-3-14)21-13-15(12-17(21)22)18(23)19-6-7-20-8-10-24-11-9-20/h2-5,15H,6-13H2,1H3,(H,19,23)/p+1/t15-/m0/s1. The van der Waals surface area contributed by atoms with Gasteiger partial charge in [0.25, 0.3) is 0 Å². The van der Waals surface area contributed by atoms with Crippen LogP contribution in [-0.4, -0.2) is 57.8 Å². The molecule has 1 aromatic rings. The monoisotopic (exact) mass is 332 g/mol. The number of nitrogens with zero attached hydrogens (tertiary/aromatic N) is 1. The summed E-state index contributed by atoms with van der Waals surface area (Å²) in [5.41, 5.74) is 2.03. The number of carbonyl (C=O) groups excluding carboxylic acids is 2. The van der Waals surface area contributed by atoms with Crippen molar-refractivity contribution in [1.29, 1.82) is 0 Å². The number of hydrogen-bond acceptors (Lipinski definition) is 3. The summed E-state index contributed by atoms with van der Waals surface area (Å²) in [5.74, 6) is -0.234. The molecular weight excluding hydrogens is 306 g/mol. The highest BCUT2D eigenvalue weighted by molar-refractivity contribution is 6.00. The number of anilines is 1. The van der Waals surface area contributed by atoms with Crippen molar-refractivity contribution in [2.24, 2.45) is 5.92 Å². The molecule has 0 aromatic heterocycles. The van der Waals surface area contributed by atoms with Gasteiger partial charge in [0, 0.05) is 18.7 Å². The van der Waals surface area contributed by atoms with Crippen molar-refractivity contribution in [3.63, 3.8) is 0 Å². The summed E-state index contributed by atoms with van der Waals surface area (Å²) >= 11 is 0. The predicted molar refractivity (Wildman–Crippen MR) is 91.0 cm³/mol. The van der Waals surface area contributed by atoms with E-state index in [0.29, 0.717) is 19.5 Å². The average molecular weight is 332 g/mol. The van der Waals surface area contributed by atoms with E-state index in [2.05, 4.69) is 5.32 Å². The molecule has 2 amide bonds. The van der Waals surface area contributed by atoms with E-state index in [1.807, 2.05) is 31.2 Å². The van der Waals surface area contributed by atoms with Gasteiger partial charge in [-0.05, 0) is 19.1 Å². The van der Waals surface area contributed by atoms with Crippen molar-refractivity contribution in [3.8, 4) is 0 Å². The Hall–Kier alpha value is -1.92. The molecule has 0 unspecified atom stereocenters. The van der Waals surface area contributed by atoms with Crippen molar-refractivity contribution >= 4 is 17.5 Å². The Kier molecular flexibility index (Phi) is 5.48. The Morgan fingerprint density at radius 1 is 1.29 bits per heavy atom. The van der Waals surface area contributed by atoms with Crippen LogP contribution in [0.15, 0.2) is 24.3 Å². The fourth-order valence-corrected chi connectivity index (χ4v) is 3.27. The molecule has 2 N–H and O–H groups in total. The molecule has 0 saturated carbocycles. The van der Waals surface area contributed by atoms with Crippen LogP contribution in [0.3, 0.4) is 0 Å². The predicted octanol–water partition coefficient (Wildman–Crippen LogP) is -0.621. The van der Waals surface area contributed by atoms with E-state index in [9.17, 15) is 9.59 Å². The second-order valence-corrected chi connectivity index (χ2v) is 6.64. The molecule has 2 saturated heterocycles. The molecule has 0 radical (unpaired) electrons. The third kappa shape index (κ3) is 4.13. The minimum Gasteiger partial charge on any atom is -0.370 e. The fraction of sp³-hybridized carbons (Fsp3) is 0.556. The molecule has 0 spiro atoms.